The van der Waals surface area contributed by atoms with Crippen molar-refractivity contribution >= 4 is 23.6 Å². The van der Waals surface area contributed by atoms with E-state index < -0.39 is 12.0 Å². The summed E-state index contributed by atoms with van der Waals surface area (Å²) in [5.41, 5.74) is 0. The number of carboxylic acids is 1. The molecule has 0 radical (unpaired) electrons. The molecule has 1 aliphatic heterocycles. The van der Waals surface area contributed by atoms with Gasteiger partial charge >= 0.3 is 5.97 Å². The number of thioether (sulfide) groups is 1. The van der Waals surface area contributed by atoms with Gasteiger partial charge < -0.3 is 20.5 Å². The smallest absolute Gasteiger partial charge is 0.326 e. The molecule has 0 aromatic carbocycles. The zero-order chi connectivity index (χ0) is 16.1. The van der Waals surface area contributed by atoms with Gasteiger partial charge in [0.05, 0.1) is 12.1 Å². The Kier molecular flexibility index (Phi) is 6.52. The lowest BCUT2D eigenvalue weighted by Crippen LogP contribution is -2.49. The van der Waals surface area contributed by atoms with Crippen LogP contribution in [0.3, 0.4) is 0 Å². The SMILES string of the molecule is COC1CCC2CC(C(=O)NC(CCSC)C(=O)O)NC2C1. The lowest BCUT2D eigenvalue weighted by atomic mass is 9.83. The van der Waals surface area contributed by atoms with Crippen molar-refractivity contribution in [3.63, 3.8) is 0 Å². The lowest BCUT2D eigenvalue weighted by Gasteiger charge is -2.30. The van der Waals surface area contributed by atoms with Crippen molar-refractivity contribution in [2.45, 2.75) is 56.3 Å². The van der Waals surface area contributed by atoms with Crippen LogP contribution in [0, 0.1) is 5.92 Å². The molecule has 2 aliphatic rings. The molecular weight excluding hydrogens is 304 g/mol. The number of carboxylic acid groups (broad SMARTS) is 1. The van der Waals surface area contributed by atoms with Crippen LogP contribution in [0.15, 0.2) is 0 Å². The number of ether oxygens (including phenoxy) is 1. The van der Waals surface area contributed by atoms with E-state index in [1.54, 1.807) is 18.9 Å². The van der Waals surface area contributed by atoms with Crippen LogP contribution < -0.4 is 10.6 Å². The fraction of sp³-hybridized carbons (Fsp3) is 0.867. The van der Waals surface area contributed by atoms with Gasteiger partial charge in [0.2, 0.25) is 5.91 Å². The Hall–Kier alpha value is -0.790. The second kappa shape index (κ2) is 8.17. The van der Waals surface area contributed by atoms with E-state index in [1.807, 2.05) is 6.26 Å². The van der Waals surface area contributed by atoms with E-state index >= 15 is 0 Å². The van der Waals surface area contributed by atoms with Gasteiger partial charge in [0.25, 0.3) is 0 Å². The summed E-state index contributed by atoms with van der Waals surface area (Å²) in [5.74, 6) is 0.0709. The van der Waals surface area contributed by atoms with Crippen LogP contribution in [0.4, 0.5) is 0 Å². The van der Waals surface area contributed by atoms with E-state index in [-0.39, 0.29) is 18.1 Å². The van der Waals surface area contributed by atoms with Crippen molar-refractivity contribution in [3.8, 4) is 0 Å². The first kappa shape index (κ1) is 17.6. The van der Waals surface area contributed by atoms with Crippen molar-refractivity contribution in [2.24, 2.45) is 5.92 Å². The molecule has 126 valence electrons. The molecule has 5 unspecified atom stereocenters. The molecule has 1 aliphatic carbocycles. The van der Waals surface area contributed by atoms with Gasteiger partial charge in [-0.1, -0.05) is 0 Å². The minimum atomic E-state index is -0.961. The molecule has 5 atom stereocenters. The van der Waals surface area contributed by atoms with Crippen LogP contribution in [0.5, 0.6) is 0 Å². The third kappa shape index (κ3) is 4.36. The standard InChI is InChI=1S/C15H26N2O4S/c1-21-10-4-3-9-7-13(16-12(9)8-10)14(18)17-11(15(19)20)5-6-22-2/h9-13,16H,3-8H2,1-2H3,(H,17,18)(H,19,20). The minimum Gasteiger partial charge on any atom is -0.480 e. The average molecular weight is 330 g/mol. The van der Waals surface area contributed by atoms with E-state index in [2.05, 4.69) is 10.6 Å². The predicted octanol–water partition coefficient (Wildman–Crippen LogP) is 0.855. The number of hydrogen-bond acceptors (Lipinski definition) is 5. The molecule has 7 heteroatoms. The topological polar surface area (TPSA) is 87.7 Å². The monoisotopic (exact) mass is 330 g/mol. The number of methoxy groups -OCH3 is 1. The maximum Gasteiger partial charge on any atom is 0.326 e. The molecule has 6 nitrogen and oxygen atoms in total. The van der Waals surface area contributed by atoms with E-state index in [0.717, 1.165) is 31.4 Å². The fourth-order valence-corrected chi connectivity index (χ4v) is 3.94. The Labute approximate surface area is 135 Å². The predicted molar refractivity (Wildman–Crippen MR) is 86.0 cm³/mol. The van der Waals surface area contributed by atoms with Gasteiger partial charge in [-0.15, -0.1) is 0 Å². The summed E-state index contributed by atoms with van der Waals surface area (Å²) in [4.78, 5) is 23.6. The first-order chi connectivity index (χ1) is 10.5. The first-order valence-corrected chi connectivity index (χ1v) is 9.25. The molecule has 3 N–H and O–H groups in total. The third-order valence-electron chi connectivity index (χ3n) is 4.77. The summed E-state index contributed by atoms with van der Waals surface area (Å²) in [5, 5.41) is 15.3. The minimum absolute atomic E-state index is 0.183. The Morgan fingerprint density at radius 1 is 1.41 bits per heavy atom. The number of fused-ring (bicyclic) bond motifs is 1. The van der Waals surface area contributed by atoms with Crippen molar-refractivity contribution in [1.82, 2.24) is 10.6 Å². The molecule has 2 rings (SSSR count). The van der Waals surface area contributed by atoms with Gasteiger partial charge in [-0.05, 0) is 50.0 Å². The van der Waals surface area contributed by atoms with E-state index in [9.17, 15) is 14.7 Å². The van der Waals surface area contributed by atoms with Gasteiger partial charge in [0, 0.05) is 13.2 Å². The Balaban J connectivity index is 1.86. The van der Waals surface area contributed by atoms with Gasteiger partial charge in [-0.2, -0.15) is 11.8 Å². The van der Waals surface area contributed by atoms with Crippen LogP contribution in [0.25, 0.3) is 0 Å². The summed E-state index contributed by atoms with van der Waals surface area (Å²) in [6.45, 7) is 0. The largest absolute Gasteiger partial charge is 0.480 e. The van der Waals surface area contributed by atoms with Crippen LogP contribution in [-0.2, 0) is 14.3 Å². The molecule has 0 aromatic rings. The Morgan fingerprint density at radius 2 is 2.18 bits per heavy atom. The number of carbonyl (C=O) groups is 2. The molecule has 1 saturated carbocycles. The highest BCUT2D eigenvalue weighted by molar-refractivity contribution is 7.98. The van der Waals surface area contributed by atoms with Gasteiger partial charge in [-0.25, -0.2) is 4.79 Å². The highest BCUT2D eigenvalue weighted by Gasteiger charge is 2.41. The lowest BCUT2D eigenvalue weighted by molar-refractivity contribution is -0.142. The van der Waals surface area contributed by atoms with Crippen LogP contribution in [-0.4, -0.2) is 60.3 Å². The third-order valence-corrected chi connectivity index (χ3v) is 5.42. The number of aliphatic carboxylic acids is 1. The number of rotatable bonds is 7. The molecule has 0 bridgehead atoms. The van der Waals surface area contributed by atoms with Crippen LogP contribution in [0.2, 0.25) is 0 Å². The summed E-state index contributed by atoms with van der Waals surface area (Å²) < 4.78 is 5.41. The molecule has 0 aromatic heterocycles. The van der Waals surface area contributed by atoms with Gasteiger partial charge in [0.15, 0.2) is 0 Å². The molecule has 22 heavy (non-hydrogen) atoms. The van der Waals surface area contributed by atoms with Crippen molar-refractivity contribution < 1.29 is 19.4 Å². The number of hydrogen-bond donors (Lipinski definition) is 3. The zero-order valence-corrected chi connectivity index (χ0v) is 14.0. The molecule has 1 amide bonds. The fourth-order valence-electron chi connectivity index (χ4n) is 3.47. The molecule has 1 heterocycles. The van der Waals surface area contributed by atoms with Crippen molar-refractivity contribution in [3.05, 3.63) is 0 Å². The van der Waals surface area contributed by atoms with Crippen molar-refractivity contribution in [2.75, 3.05) is 19.1 Å². The van der Waals surface area contributed by atoms with Gasteiger partial charge in [-0.3, -0.25) is 4.79 Å². The maximum absolute atomic E-state index is 12.3. The molecule has 1 saturated heterocycles. The highest BCUT2D eigenvalue weighted by atomic mass is 32.2. The van der Waals surface area contributed by atoms with E-state index in [0.29, 0.717) is 18.4 Å². The maximum atomic E-state index is 12.3. The Bertz CT molecular complexity index is 407. The summed E-state index contributed by atoms with van der Waals surface area (Å²) in [7, 11) is 1.73. The highest BCUT2D eigenvalue weighted by Crippen LogP contribution is 2.34. The second-order valence-electron chi connectivity index (χ2n) is 6.17. The van der Waals surface area contributed by atoms with Crippen LogP contribution in [0.1, 0.15) is 32.1 Å². The van der Waals surface area contributed by atoms with Gasteiger partial charge in [0.1, 0.15) is 6.04 Å². The zero-order valence-electron chi connectivity index (χ0n) is 13.2. The van der Waals surface area contributed by atoms with E-state index in [4.69, 9.17) is 4.74 Å². The average Bonchev–Trinajstić information content (AvgIpc) is 2.93. The van der Waals surface area contributed by atoms with Crippen molar-refractivity contribution in [1.29, 1.82) is 0 Å². The Morgan fingerprint density at radius 3 is 2.82 bits per heavy atom. The summed E-state index contributed by atoms with van der Waals surface area (Å²) in [6.07, 6.45) is 6.48. The molecule has 2 fully saturated rings. The van der Waals surface area contributed by atoms with Crippen LogP contribution >= 0.6 is 11.8 Å². The quantitative estimate of drug-likeness (QED) is 0.642. The second-order valence-corrected chi connectivity index (χ2v) is 7.16. The number of nitrogens with one attached hydrogen (secondary N) is 2. The molecule has 0 spiro atoms. The number of carbonyl (C=O) groups excluding carboxylic acids is 1. The molecular formula is C15H26N2O4S. The normalized spacial score (nSPS) is 32.3. The first-order valence-electron chi connectivity index (χ1n) is 7.86. The number of amides is 1. The van der Waals surface area contributed by atoms with E-state index in [1.165, 1.54) is 0 Å². The summed E-state index contributed by atoms with van der Waals surface area (Å²) >= 11 is 1.58. The summed E-state index contributed by atoms with van der Waals surface area (Å²) in [6, 6.07) is -0.762.